The Morgan fingerprint density at radius 2 is 1.81 bits per heavy atom. The van der Waals surface area contributed by atoms with Gasteiger partial charge in [0.05, 0.1) is 24.9 Å². The fraction of sp³-hybridized carbons (Fsp3) is 0.368. The van der Waals surface area contributed by atoms with Gasteiger partial charge < -0.3 is 24.6 Å². The Morgan fingerprint density at radius 1 is 1.11 bits per heavy atom. The Bertz CT molecular complexity index is 823. The van der Waals surface area contributed by atoms with E-state index in [2.05, 4.69) is 22.2 Å². The van der Waals surface area contributed by atoms with Gasteiger partial charge in [-0.3, -0.25) is 9.78 Å². The quantitative estimate of drug-likeness (QED) is 0.846. The molecule has 1 N–H and O–H groups in total. The molecule has 0 unspecified atom stereocenters. The number of pyridine rings is 1. The van der Waals surface area contributed by atoms with Crippen molar-refractivity contribution in [1.82, 2.24) is 14.8 Å². The van der Waals surface area contributed by atoms with Crippen LogP contribution in [0.25, 0.3) is 0 Å². The topological polar surface area (TPSA) is 66.9 Å². The Hall–Kier alpha value is -2.51. The Balaban J connectivity index is 1.81. The average Bonchev–Trinajstić information content (AvgIpc) is 2.69. The van der Waals surface area contributed by atoms with Crippen molar-refractivity contribution in [3.63, 3.8) is 0 Å². The molecule has 1 aliphatic rings. The number of halogens is 1. The monoisotopic (exact) mass is 390 g/mol. The van der Waals surface area contributed by atoms with Crippen LogP contribution in [0.1, 0.15) is 10.5 Å². The van der Waals surface area contributed by atoms with E-state index < -0.39 is 0 Å². The second-order valence-electron chi connectivity index (χ2n) is 6.34. The van der Waals surface area contributed by atoms with Gasteiger partial charge >= 0.3 is 0 Å². The van der Waals surface area contributed by atoms with Crippen LogP contribution in [0.3, 0.4) is 0 Å². The molecule has 1 fully saturated rings. The van der Waals surface area contributed by atoms with Gasteiger partial charge in [-0.25, -0.2) is 0 Å². The fourth-order valence-corrected chi connectivity index (χ4v) is 3.14. The van der Waals surface area contributed by atoms with Crippen LogP contribution >= 0.6 is 11.6 Å². The highest BCUT2D eigenvalue weighted by atomic mass is 35.5. The minimum atomic E-state index is -0.0626. The summed E-state index contributed by atoms with van der Waals surface area (Å²) in [5.41, 5.74) is 1.82. The second kappa shape index (κ2) is 8.45. The van der Waals surface area contributed by atoms with Crippen LogP contribution in [-0.4, -0.2) is 68.1 Å². The number of hydrogen-bond donors (Lipinski definition) is 1. The molecule has 2 aromatic rings. The number of piperazine rings is 1. The van der Waals surface area contributed by atoms with Crippen molar-refractivity contribution in [1.29, 1.82) is 0 Å². The average molecular weight is 391 g/mol. The summed E-state index contributed by atoms with van der Waals surface area (Å²) in [5, 5.41) is 3.71. The molecule has 0 radical (unpaired) electrons. The van der Waals surface area contributed by atoms with Crippen molar-refractivity contribution < 1.29 is 14.3 Å². The number of anilines is 2. The van der Waals surface area contributed by atoms with E-state index in [-0.39, 0.29) is 5.91 Å². The molecule has 144 valence electrons. The largest absolute Gasteiger partial charge is 0.495 e. The predicted molar refractivity (Wildman–Crippen MR) is 105 cm³/mol. The minimum absolute atomic E-state index is 0.0626. The summed E-state index contributed by atoms with van der Waals surface area (Å²) in [4.78, 5) is 21.0. The zero-order valence-electron chi connectivity index (χ0n) is 15.7. The molecule has 1 saturated heterocycles. The van der Waals surface area contributed by atoms with Crippen molar-refractivity contribution in [2.24, 2.45) is 0 Å². The van der Waals surface area contributed by atoms with Crippen LogP contribution in [0.5, 0.6) is 11.5 Å². The molecule has 1 aliphatic heterocycles. The highest BCUT2D eigenvalue weighted by Crippen LogP contribution is 2.37. The van der Waals surface area contributed by atoms with Crippen molar-refractivity contribution >= 4 is 28.9 Å². The summed E-state index contributed by atoms with van der Waals surface area (Å²) in [6.07, 6.45) is 1.62. The van der Waals surface area contributed by atoms with Gasteiger partial charge in [-0.2, -0.15) is 0 Å². The van der Waals surface area contributed by atoms with E-state index >= 15 is 0 Å². The molecule has 1 aromatic heterocycles. The van der Waals surface area contributed by atoms with Gasteiger partial charge in [0.2, 0.25) is 0 Å². The second-order valence-corrected chi connectivity index (χ2v) is 6.74. The normalized spacial score (nSPS) is 14.7. The molecular formula is C19H23ClN4O3. The summed E-state index contributed by atoms with van der Waals surface area (Å²) in [6.45, 7) is 3.14. The number of carbonyl (C=O) groups is 1. The Morgan fingerprint density at radius 3 is 2.48 bits per heavy atom. The van der Waals surface area contributed by atoms with E-state index in [4.69, 9.17) is 21.1 Å². The molecule has 1 amide bonds. The molecule has 3 rings (SSSR count). The lowest BCUT2D eigenvalue weighted by Gasteiger charge is -2.32. The number of nitrogens with zero attached hydrogens (tertiary/aromatic N) is 3. The number of aromatic nitrogens is 1. The smallest absolute Gasteiger partial charge is 0.272 e. The van der Waals surface area contributed by atoms with Crippen LogP contribution in [0.2, 0.25) is 5.02 Å². The van der Waals surface area contributed by atoms with Crippen molar-refractivity contribution in [3.8, 4) is 11.5 Å². The first-order chi connectivity index (χ1) is 13.0. The predicted octanol–water partition coefficient (Wildman–Crippen LogP) is 2.88. The lowest BCUT2D eigenvalue weighted by atomic mass is 10.2. The summed E-state index contributed by atoms with van der Waals surface area (Å²) >= 11 is 6.15. The molecule has 0 atom stereocenters. The van der Waals surface area contributed by atoms with Crippen LogP contribution in [0.15, 0.2) is 30.5 Å². The van der Waals surface area contributed by atoms with Gasteiger partial charge in [0.1, 0.15) is 17.2 Å². The van der Waals surface area contributed by atoms with E-state index in [1.54, 1.807) is 44.7 Å². The Labute approximate surface area is 163 Å². The summed E-state index contributed by atoms with van der Waals surface area (Å²) in [5.74, 6) is 1.04. The number of hydrogen-bond acceptors (Lipinski definition) is 6. The summed E-state index contributed by atoms with van der Waals surface area (Å²) in [6, 6.07) is 6.96. The van der Waals surface area contributed by atoms with E-state index in [0.29, 0.717) is 41.0 Å². The summed E-state index contributed by atoms with van der Waals surface area (Å²) < 4.78 is 10.7. The van der Waals surface area contributed by atoms with Gasteiger partial charge in [0.15, 0.2) is 0 Å². The molecule has 8 heteroatoms. The van der Waals surface area contributed by atoms with Crippen molar-refractivity contribution in [2.75, 3.05) is 52.8 Å². The Kier molecular flexibility index (Phi) is 6.03. The zero-order valence-corrected chi connectivity index (χ0v) is 16.4. The van der Waals surface area contributed by atoms with Crippen LogP contribution in [0, 0.1) is 0 Å². The number of rotatable bonds is 5. The standard InChI is InChI=1S/C19H23ClN4O3/c1-23-6-8-24(9-7-23)19(25)16-10-13(4-5-21-16)22-15-12-17(26-2)14(20)11-18(15)27-3/h4-5,10-12H,6-9H2,1-3H3,(H,21,22). The number of likely N-dealkylation sites (N-methyl/N-ethyl adjacent to an activating group) is 1. The van der Waals surface area contributed by atoms with Gasteiger partial charge in [0, 0.05) is 50.2 Å². The van der Waals surface area contributed by atoms with Crippen molar-refractivity contribution in [3.05, 3.63) is 41.2 Å². The number of nitrogens with one attached hydrogen (secondary N) is 1. The molecule has 1 aromatic carbocycles. The number of methoxy groups -OCH3 is 2. The van der Waals surface area contributed by atoms with Gasteiger partial charge in [-0.15, -0.1) is 0 Å². The number of ether oxygens (including phenoxy) is 2. The van der Waals surface area contributed by atoms with E-state index in [1.165, 1.54) is 0 Å². The molecule has 2 heterocycles. The number of amides is 1. The zero-order chi connectivity index (χ0) is 19.4. The molecular weight excluding hydrogens is 368 g/mol. The highest BCUT2D eigenvalue weighted by Gasteiger charge is 2.21. The van der Waals surface area contributed by atoms with Crippen LogP contribution in [-0.2, 0) is 0 Å². The lowest BCUT2D eigenvalue weighted by molar-refractivity contribution is 0.0658. The number of benzene rings is 1. The third-order valence-electron chi connectivity index (χ3n) is 4.52. The molecule has 27 heavy (non-hydrogen) atoms. The van der Waals surface area contributed by atoms with Gasteiger partial charge in [0.25, 0.3) is 5.91 Å². The maximum atomic E-state index is 12.7. The maximum Gasteiger partial charge on any atom is 0.272 e. The first-order valence-corrected chi connectivity index (χ1v) is 9.02. The van der Waals surface area contributed by atoms with Crippen LogP contribution in [0.4, 0.5) is 11.4 Å². The van der Waals surface area contributed by atoms with Gasteiger partial charge in [-0.1, -0.05) is 11.6 Å². The molecule has 0 saturated carbocycles. The SMILES string of the molecule is COc1cc(Nc2ccnc(C(=O)N3CCN(C)CC3)c2)c(OC)cc1Cl. The summed E-state index contributed by atoms with van der Waals surface area (Å²) in [7, 11) is 5.17. The molecule has 7 nitrogen and oxygen atoms in total. The number of carbonyl (C=O) groups excluding carboxylic acids is 1. The third-order valence-corrected chi connectivity index (χ3v) is 4.82. The van der Waals surface area contributed by atoms with Gasteiger partial charge in [-0.05, 0) is 19.2 Å². The lowest BCUT2D eigenvalue weighted by Crippen LogP contribution is -2.47. The third kappa shape index (κ3) is 4.43. The molecule has 0 spiro atoms. The van der Waals surface area contributed by atoms with Crippen LogP contribution < -0.4 is 14.8 Å². The molecule has 0 aliphatic carbocycles. The van der Waals surface area contributed by atoms with E-state index in [1.807, 2.05) is 4.90 Å². The first kappa shape index (κ1) is 19.3. The molecule has 0 bridgehead atoms. The van der Waals surface area contributed by atoms with E-state index in [0.717, 1.165) is 18.8 Å². The first-order valence-electron chi connectivity index (χ1n) is 8.64. The highest BCUT2D eigenvalue weighted by molar-refractivity contribution is 6.32. The van der Waals surface area contributed by atoms with E-state index in [9.17, 15) is 4.79 Å². The minimum Gasteiger partial charge on any atom is -0.495 e. The fourth-order valence-electron chi connectivity index (χ4n) is 2.91. The van der Waals surface area contributed by atoms with Crippen molar-refractivity contribution in [2.45, 2.75) is 0 Å². The maximum absolute atomic E-state index is 12.7.